The Morgan fingerprint density at radius 1 is 1.19 bits per heavy atom. The van der Waals surface area contributed by atoms with Crippen molar-refractivity contribution < 1.29 is 14.7 Å². The molecule has 0 unspecified atom stereocenters. The average Bonchev–Trinajstić information content (AvgIpc) is 3.12. The number of aliphatic carboxylic acids is 1. The molecule has 1 aromatic rings. The van der Waals surface area contributed by atoms with Crippen LogP contribution in [0.4, 0.5) is 0 Å². The smallest absolute Gasteiger partial charge is 0.329 e. The maximum Gasteiger partial charge on any atom is 0.329 e. The normalized spacial score (nSPS) is 25.8. The maximum atomic E-state index is 12.2. The first kappa shape index (κ1) is 14.7. The van der Waals surface area contributed by atoms with Crippen LogP contribution in [-0.2, 0) is 9.59 Å². The fourth-order valence-corrected chi connectivity index (χ4v) is 3.44. The number of hydrogen-bond acceptors (Lipinski definition) is 2. The molecule has 21 heavy (non-hydrogen) atoms. The summed E-state index contributed by atoms with van der Waals surface area (Å²) in [5, 5.41) is 13.0. The summed E-state index contributed by atoms with van der Waals surface area (Å²) < 4.78 is 0. The lowest BCUT2D eigenvalue weighted by atomic mass is 9.76. The molecule has 0 aliphatic heterocycles. The Morgan fingerprint density at radius 3 is 2.29 bits per heavy atom. The quantitative estimate of drug-likeness (QED) is 0.892. The summed E-state index contributed by atoms with van der Waals surface area (Å²) in [5.41, 5.74) is -0.110. The molecule has 0 heterocycles. The van der Waals surface area contributed by atoms with Crippen molar-refractivity contribution >= 4 is 35.1 Å². The predicted octanol–water partition coefficient (Wildman–Crippen LogP) is 3.22. The van der Waals surface area contributed by atoms with Gasteiger partial charge in [0.25, 0.3) is 0 Å². The SMILES string of the molecule is O=C(NC1(C(=O)O)CCC1)[C@@H]1C[C@@H]1c1cc(Cl)cc(Cl)c1. The third kappa shape index (κ3) is 2.74. The van der Waals surface area contributed by atoms with Crippen LogP contribution in [0.3, 0.4) is 0 Å². The highest BCUT2D eigenvalue weighted by molar-refractivity contribution is 6.34. The van der Waals surface area contributed by atoms with Crippen LogP contribution in [0.15, 0.2) is 18.2 Å². The van der Waals surface area contributed by atoms with E-state index in [9.17, 15) is 14.7 Å². The predicted molar refractivity (Wildman–Crippen MR) is 79.7 cm³/mol. The van der Waals surface area contributed by atoms with E-state index in [1.165, 1.54) is 0 Å². The van der Waals surface area contributed by atoms with E-state index in [0.29, 0.717) is 29.3 Å². The summed E-state index contributed by atoms with van der Waals surface area (Å²) in [5.74, 6) is -1.23. The van der Waals surface area contributed by atoms with Crippen molar-refractivity contribution in [3.05, 3.63) is 33.8 Å². The number of carboxylic acids is 1. The number of halogens is 2. The molecule has 1 amide bonds. The van der Waals surface area contributed by atoms with Gasteiger partial charge in [-0.25, -0.2) is 4.79 Å². The molecule has 0 spiro atoms. The summed E-state index contributed by atoms with van der Waals surface area (Å²) in [4.78, 5) is 23.5. The summed E-state index contributed by atoms with van der Waals surface area (Å²) in [6, 6.07) is 5.27. The van der Waals surface area contributed by atoms with Gasteiger partial charge >= 0.3 is 5.97 Å². The molecule has 2 aliphatic rings. The van der Waals surface area contributed by atoms with E-state index in [-0.39, 0.29) is 17.7 Å². The van der Waals surface area contributed by atoms with Gasteiger partial charge in [0.1, 0.15) is 5.54 Å². The maximum absolute atomic E-state index is 12.2. The minimum atomic E-state index is -1.05. The number of rotatable bonds is 4. The molecule has 2 N–H and O–H groups in total. The minimum absolute atomic E-state index is 0.0760. The fourth-order valence-electron chi connectivity index (χ4n) is 2.89. The van der Waals surface area contributed by atoms with E-state index >= 15 is 0 Å². The van der Waals surface area contributed by atoms with Crippen LogP contribution in [0, 0.1) is 5.92 Å². The lowest BCUT2D eigenvalue weighted by molar-refractivity contribution is -0.152. The van der Waals surface area contributed by atoms with E-state index in [1.54, 1.807) is 6.07 Å². The molecule has 112 valence electrons. The lowest BCUT2D eigenvalue weighted by Crippen LogP contribution is -2.59. The first-order valence-electron chi connectivity index (χ1n) is 6.93. The third-order valence-corrected chi connectivity index (χ3v) is 4.86. The molecule has 4 nitrogen and oxygen atoms in total. The van der Waals surface area contributed by atoms with E-state index < -0.39 is 11.5 Å². The molecule has 2 atom stereocenters. The number of carbonyl (C=O) groups is 2. The number of nitrogens with one attached hydrogen (secondary N) is 1. The molecular weight excluding hydrogens is 313 g/mol. The summed E-state index contributed by atoms with van der Waals surface area (Å²) >= 11 is 11.9. The molecule has 1 aromatic carbocycles. The first-order chi connectivity index (χ1) is 9.91. The van der Waals surface area contributed by atoms with Crippen molar-refractivity contribution in [2.24, 2.45) is 5.92 Å². The van der Waals surface area contributed by atoms with Gasteiger partial charge in [-0.1, -0.05) is 23.2 Å². The topological polar surface area (TPSA) is 66.4 Å². The van der Waals surface area contributed by atoms with Crippen LogP contribution >= 0.6 is 23.2 Å². The molecule has 0 bridgehead atoms. The first-order valence-corrected chi connectivity index (χ1v) is 7.68. The van der Waals surface area contributed by atoms with Crippen molar-refractivity contribution in [2.75, 3.05) is 0 Å². The number of hydrogen-bond donors (Lipinski definition) is 2. The fraction of sp³-hybridized carbons (Fsp3) is 0.467. The Labute approximate surface area is 132 Å². The van der Waals surface area contributed by atoms with Gasteiger partial charge in [0.15, 0.2) is 0 Å². The Morgan fingerprint density at radius 2 is 1.81 bits per heavy atom. The summed E-state index contributed by atoms with van der Waals surface area (Å²) in [6.45, 7) is 0. The Hall–Kier alpha value is -1.26. The van der Waals surface area contributed by atoms with Crippen LogP contribution in [0.5, 0.6) is 0 Å². The van der Waals surface area contributed by atoms with Gasteiger partial charge in [0, 0.05) is 16.0 Å². The molecule has 0 radical (unpaired) electrons. The number of amides is 1. The summed E-state index contributed by atoms with van der Waals surface area (Å²) in [6.07, 6.45) is 2.56. The highest BCUT2D eigenvalue weighted by atomic mass is 35.5. The Bertz CT molecular complexity index is 593. The zero-order valence-corrected chi connectivity index (χ0v) is 12.7. The molecule has 0 saturated heterocycles. The van der Waals surface area contributed by atoms with Crippen molar-refractivity contribution in [1.82, 2.24) is 5.32 Å². The second kappa shape index (κ2) is 5.18. The van der Waals surface area contributed by atoms with Crippen molar-refractivity contribution in [2.45, 2.75) is 37.1 Å². The van der Waals surface area contributed by atoms with E-state index in [2.05, 4.69) is 5.32 Å². The van der Waals surface area contributed by atoms with Crippen LogP contribution in [0.2, 0.25) is 10.0 Å². The molecule has 6 heteroatoms. The van der Waals surface area contributed by atoms with Crippen molar-refractivity contribution in [1.29, 1.82) is 0 Å². The highest BCUT2D eigenvalue weighted by Crippen LogP contribution is 2.49. The second-order valence-corrected chi connectivity index (χ2v) is 6.75. The van der Waals surface area contributed by atoms with Gasteiger partial charge in [-0.15, -0.1) is 0 Å². The zero-order chi connectivity index (χ0) is 15.2. The van der Waals surface area contributed by atoms with Gasteiger partial charge in [-0.05, 0) is 55.4 Å². The Balaban J connectivity index is 1.67. The molecule has 0 aromatic heterocycles. The molecule has 2 saturated carbocycles. The zero-order valence-electron chi connectivity index (χ0n) is 11.2. The third-order valence-electron chi connectivity index (χ3n) is 4.42. The highest BCUT2D eigenvalue weighted by Gasteiger charge is 2.51. The van der Waals surface area contributed by atoms with E-state index in [1.807, 2.05) is 12.1 Å². The molecule has 3 rings (SSSR count). The van der Waals surface area contributed by atoms with Crippen LogP contribution < -0.4 is 5.32 Å². The monoisotopic (exact) mass is 327 g/mol. The van der Waals surface area contributed by atoms with Gasteiger partial charge in [0.05, 0.1) is 0 Å². The van der Waals surface area contributed by atoms with Gasteiger partial charge in [0.2, 0.25) is 5.91 Å². The molecule has 2 aliphatic carbocycles. The van der Waals surface area contributed by atoms with Gasteiger partial charge in [-0.3, -0.25) is 4.79 Å². The van der Waals surface area contributed by atoms with E-state index in [4.69, 9.17) is 23.2 Å². The van der Waals surface area contributed by atoms with Crippen LogP contribution in [0.1, 0.15) is 37.2 Å². The van der Waals surface area contributed by atoms with Crippen LogP contribution in [-0.4, -0.2) is 22.5 Å². The van der Waals surface area contributed by atoms with Crippen molar-refractivity contribution in [3.8, 4) is 0 Å². The van der Waals surface area contributed by atoms with Crippen LogP contribution in [0.25, 0.3) is 0 Å². The minimum Gasteiger partial charge on any atom is -0.480 e. The average molecular weight is 328 g/mol. The van der Waals surface area contributed by atoms with Crippen molar-refractivity contribution in [3.63, 3.8) is 0 Å². The number of carbonyl (C=O) groups excluding carboxylic acids is 1. The standard InChI is InChI=1S/C15H15Cl2NO3/c16-9-4-8(5-10(17)6-9)11-7-12(11)13(19)18-15(14(20)21)2-1-3-15/h4-6,11-12H,1-3,7H2,(H,18,19)(H,20,21)/t11-,12-/m1/s1. The number of benzene rings is 1. The largest absolute Gasteiger partial charge is 0.480 e. The second-order valence-electron chi connectivity index (χ2n) is 5.88. The van der Waals surface area contributed by atoms with Gasteiger partial charge in [-0.2, -0.15) is 0 Å². The Kier molecular flexibility index (Phi) is 3.62. The van der Waals surface area contributed by atoms with Gasteiger partial charge < -0.3 is 10.4 Å². The molecule has 2 fully saturated rings. The lowest BCUT2D eigenvalue weighted by Gasteiger charge is -2.38. The molecular formula is C15H15Cl2NO3. The van der Waals surface area contributed by atoms with E-state index in [0.717, 1.165) is 12.0 Å². The summed E-state index contributed by atoms with van der Waals surface area (Å²) in [7, 11) is 0. The number of carboxylic acid groups (broad SMARTS) is 1.